The fraction of sp³-hybridized carbons (Fsp3) is 0.318. The van der Waals surface area contributed by atoms with Crippen LogP contribution in [0.1, 0.15) is 44.4 Å². The van der Waals surface area contributed by atoms with Gasteiger partial charge in [0.05, 0.1) is 15.6 Å². The van der Waals surface area contributed by atoms with Crippen LogP contribution in [0, 0.1) is 0 Å². The summed E-state index contributed by atoms with van der Waals surface area (Å²) < 4.78 is 6.27. The third-order valence-corrected chi connectivity index (χ3v) is 6.41. The van der Waals surface area contributed by atoms with Crippen molar-refractivity contribution in [1.29, 1.82) is 0 Å². The Kier molecular flexibility index (Phi) is 6.97. The number of aromatic nitrogens is 3. The van der Waals surface area contributed by atoms with Gasteiger partial charge in [-0.15, -0.1) is 10.2 Å². The van der Waals surface area contributed by atoms with E-state index in [4.69, 9.17) is 27.9 Å². The minimum atomic E-state index is -0.604. The maximum atomic E-state index is 6.45. The molecule has 0 saturated heterocycles. The lowest BCUT2D eigenvalue weighted by Gasteiger charge is -2.21. The number of nitrogens with one attached hydrogen (secondary N) is 1. The average Bonchev–Trinajstić information content (AvgIpc) is 2.90. The van der Waals surface area contributed by atoms with Crippen LogP contribution in [0.3, 0.4) is 0 Å². The van der Waals surface area contributed by atoms with Gasteiger partial charge in [0.1, 0.15) is 0 Å². The summed E-state index contributed by atoms with van der Waals surface area (Å²) >= 11 is 14.5. The van der Waals surface area contributed by atoms with E-state index in [1.165, 1.54) is 19.3 Å². The van der Waals surface area contributed by atoms with Gasteiger partial charge in [-0.3, -0.25) is 0 Å². The van der Waals surface area contributed by atoms with Crippen LogP contribution in [0.4, 0.5) is 5.69 Å². The van der Waals surface area contributed by atoms with Gasteiger partial charge in [-0.05, 0) is 24.6 Å². The van der Waals surface area contributed by atoms with E-state index in [0.717, 1.165) is 23.4 Å². The number of hydrogen-bond acceptors (Lipinski definition) is 6. The van der Waals surface area contributed by atoms with Gasteiger partial charge in [-0.1, -0.05) is 85.4 Å². The van der Waals surface area contributed by atoms with Crippen LogP contribution < -0.4 is 10.1 Å². The summed E-state index contributed by atoms with van der Waals surface area (Å²) in [7, 11) is 0. The molecule has 0 fully saturated rings. The quantitative estimate of drug-likeness (QED) is 0.301. The summed E-state index contributed by atoms with van der Waals surface area (Å²) in [5.74, 6) is 1.37. The van der Waals surface area contributed by atoms with Gasteiger partial charge < -0.3 is 10.1 Å². The number of halogens is 2. The molecule has 0 radical (unpaired) electrons. The van der Waals surface area contributed by atoms with E-state index in [-0.39, 0.29) is 0 Å². The molecule has 0 spiro atoms. The van der Waals surface area contributed by atoms with Crippen molar-refractivity contribution in [3.63, 3.8) is 0 Å². The normalized spacial score (nSPS) is 14.8. The van der Waals surface area contributed by atoms with E-state index in [1.807, 2.05) is 30.3 Å². The molecule has 1 aromatic heterocycles. The molecule has 4 rings (SSSR count). The molecule has 30 heavy (non-hydrogen) atoms. The summed E-state index contributed by atoms with van der Waals surface area (Å²) in [6, 6.07) is 13.2. The van der Waals surface area contributed by atoms with Gasteiger partial charge in [-0.25, -0.2) is 0 Å². The number of rotatable bonds is 7. The number of hydrogen-bond donors (Lipinski definition) is 1. The summed E-state index contributed by atoms with van der Waals surface area (Å²) in [5.41, 5.74) is 2.99. The average molecular weight is 461 g/mol. The van der Waals surface area contributed by atoms with Crippen LogP contribution in [0.25, 0.3) is 11.3 Å². The predicted molar refractivity (Wildman–Crippen MR) is 124 cm³/mol. The Morgan fingerprint density at radius 1 is 1.00 bits per heavy atom. The molecule has 3 aromatic rings. The first-order valence-corrected chi connectivity index (χ1v) is 11.8. The van der Waals surface area contributed by atoms with Crippen LogP contribution in [0.5, 0.6) is 5.88 Å². The van der Waals surface area contributed by atoms with E-state index in [9.17, 15) is 0 Å². The Morgan fingerprint density at radius 2 is 1.80 bits per heavy atom. The van der Waals surface area contributed by atoms with Crippen molar-refractivity contribution in [2.75, 3.05) is 11.1 Å². The van der Waals surface area contributed by atoms with Crippen LogP contribution in [-0.4, -0.2) is 20.9 Å². The first-order valence-electron chi connectivity index (χ1n) is 10.0. The van der Waals surface area contributed by atoms with Crippen molar-refractivity contribution in [3.8, 4) is 17.1 Å². The Bertz CT molecular complexity index is 1010. The first kappa shape index (κ1) is 21.2. The molecule has 8 heteroatoms. The van der Waals surface area contributed by atoms with Gasteiger partial charge >= 0.3 is 0 Å². The smallest absolute Gasteiger partial charge is 0.247 e. The lowest BCUT2D eigenvalue weighted by atomic mass is 10.1. The molecular formula is C22H22Cl2N4OS. The number of unbranched alkanes of at least 4 members (excludes halogenated alkanes) is 3. The zero-order valence-electron chi connectivity index (χ0n) is 16.6. The fourth-order valence-electron chi connectivity index (χ4n) is 3.29. The largest absolute Gasteiger partial charge is 0.448 e. The maximum Gasteiger partial charge on any atom is 0.247 e. The van der Waals surface area contributed by atoms with E-state index in [1.54, 1.807) is 23.9 Å². The van der Waals surface area contributed by atoms with E-state index < -0.39 is 6.23 Å². The summed E-state index contributed by atoms with van der Waals surface area (Å²) in [6.45, 7) is 2.21. The second-order valence-electron chi connectivity index (χ2n) is 6.98. The molecule has 0 aliphatic carbocycles. The number of para-hydroxylation sites is 1. The minimum Gasteiger partial charge on any atom is -0.448 e. The maximum absolute atomic E-state index is 6.45. The molecule has 0 bridgehead atoms. The van der Waals surface area contributed by atoms with E-state index in [2.05, 4.69) is 27.4 Å². The molecule has 1 N–H and O–H groups in total. The van der Waals surface area contributed by atoms with Crippen molar-refractivity contribution < 1.29 is 4.74 Å². The van der Waals surface area contributed by atoms with Gasteiger partial charge in [0.2, 0.25) is 17.3 Å². The predicted octanol–water partition coefficient (Wildman–Crippen LogP) is 7.02. The number of thioether (sulfide) groups is 1. The van der Waals surface area contributed by atoms with Crippen LogP contribution in [0.15, 0.2) is 47.6 Å². The van der Waals surface area contributed by atoms with Crippen LogP contribution >= 0.6 is 35.0 Å². The Morgan fingerprint density at radius 3 is 2.60 bits per heavy atom. The summed E-state index contributed by atoms with van der Waals surface area (Å²) in [4.78, 5) is 4.67. The Labute approximate surface area is 190 Å². The topological polar surface area (TPSA) is 59.9 Å². The molecule has 1 atom stereocenters. The molecule has 1 aliphatic rings. The monoisotopic (exact) mass is 460 g/mol. The molecule has 0 unspecified atom stereocenters. The fourth-order valence-corrected chi connectivity index (χ4v) is 4.67. The van der Waals surface area contributed by atoms with Gasteiger partial charge in [0, 0.05) is 17.0 Å². The number of anilines is 1. The first-order chi connectivity index (χ1) is 14.7. The van der Waals surface area contributed by atoms with Gasteiger partial charge in [-0.2, -0.15) is 4.98 Å². The van der Waals surface area contributed by atoms with Crippen molar-refractivity contribution >= 4 is 40.7 Å². The van der Waals surface area contributed by atoms with Crippen molar-refractivity contribution in [2.45, 2.75) is 44.0 Å². The Hall–Kier alpha value is -2.02. The number of benzene rings is 2. The minimum absolute atomic E-state index is 0.416. The van der Waals surface area contributed by atoms with Gasteiger partial charge in [0.25, 0.3) is 0 Å². The molecule has 156 valence electrons. The molecule has 1 aliphatic heterocycles. The number of fused-ring (bicyclic) bond motifs is 3. The second kappa shape index (κ2) is 9.86. The highest BCUT2D eigenvalue weighted by atomic mass is 35.5. The van der Waals surface area contributed by atoms with Gasteiger partial charge in [0.15, 0.2) is 5.69 Å². The third kappa shape index (κ3) is 4.66. The van der Waals surface area contributed by atoms with E-state index in [0.29, 0.717) is 32.3 Å². The van der Waals surface area contributed by atoms with Crippen molar-refractivity contribution in [1.82, 2.24) is 15.2 Å². The molecular weight excluding hydrogens is 439 g/mol. The molecule has 2 aromatic carbocycles. The zero-order chi connectivity index (χ0) is 20.9. The summed E-state index contributed by atoms with van der Waals surface area (Å²) in [5, 5.41) is 13.8. The van der Waals surface area contributed by atoms with Crippen molar-refractivity contribution in [3.05, 3.63) is 58.1 Å². The Balaban J connectivity index is 1.67. The lowest BCUT2D eigenvalue weighted by molar-refractivity contribution is 0.225. The van der Waals surface area contributed by atoms with E-state index >= 15 is 0 Å². The molecule has 5 nitrogen and oxygen atoms in total. The van der Waals surface area contributed by atoms with Crippen molar-refractivity contribution in [2.24, 2.45) is 0 Å². The van der Waals surface area contributed by atoms with Crippen LogP contribution in [0.2, 0.25) is 10.0 Å². The highest BCUT2D eigenvalue weighted by Gasteiger charge is 2.28. The SMILES string of the molecule is CCCCCCSc1nnc2c(n1)O[C@H](c1c(Cl)cccc1Cl)Nc1ccccc1-2. The summed E-state index contributed by atoms with van der Waals surface area (Å²) in [6.07, 6.45) is 4.20. The lowest BCUT2D eigenvalue weighted by Crippen LogP contribution is -2.18. The number of nitrogens with zero attached hydrogens (tertiary/aromatic N) is 3. The molecule has 0 saturated carbocycles. The second-order valence-corrected chi connectivity index (χ2v) is 8.86. The highest BCUT2D eigenvalue weighted by molar-refractivity contribution is 7.99. The molecule has 2 heterocycles. The third-order valence-electron chi connectivity index (χ3n) is 4.82. The van der Waals surface area contributed by atoms with Crippen LogP contribution in [-0.2, 0) is 0 Å². The zero-order valence-corrected chi connectivity index (χ0v) is 18.9. The standard InChI is InChI=1S/C22H22Cl2N4OS/c1-2-3-4-7-13-30-22-26-21-19(27-28-22)14-9-5-6-12-17(14)25-20(29-21)18-15(23)10-8-11-16(18)24/h5-6,8-12,20,25H,2-4,7,13H2,1H3/t20-/m1/s1. The molecule has 0 amide bonds. The highest BCUT2D eigenvalue weighted by Crippen LogP contribution is 2.42. The number of ether oxygens (including phenoxy) is 1.